The van der Waals surface area contributed by atoms with Gasteiger partial charge in [0.25, 0.3) is 17.4 Å². The van der Waals surface area contributed by atoms with Gasteiger partial charge in [-0.2, -0.15) is 5.10 Å². The van der Waals surface area contributed by atoms with Crippen molar-refractivity contribution < 1.29 is 9.59 Å². The summed E-state index contributed by atoms with van der Waals surface area (Å²) in [6, 6.07) is 6.88. The maximum Gasteiger partial charge on any atom is 0.277 e. The maximum atomic E-state index is 13.0. The Hall–Kier alpha value is -3.00. The van der Waals surface area contributed by atoms with Crippen LogP contribution in [0.15, 0.2) is 29.1 Å². The molecule has 0 atom stereocenters. The minimum Gasteiger partial charge on any atom is -0.365 e. The molecule has 27 heavy (non-hydrogen) atoms. The molecule has 0 bridgehead atoms. The van der Waals surface area contributed by atoms with Gasteiger partial charge in [0.2, 0.25) is 0 Å². The van der Waals surface area contributed by atoms with Crippen LogP contribution in [0.3, 0.4) is 0 Å². The highest BCUT2D eigenvalue weighted by Gasteiger charge is 2.27. The third kappa shape index (κ3) is 2.82. The number of carbonyl (C=O) groups is 2. The zero-order chi connectivity index (χ0) is 19.1. The Morgan fingerprint density at radius 1 is 1.26 bits per heavy atom. The van der Waals surface area contributed by atoms with E-state index in [1.165, 1.54) is 16.0 Å². The van der Waals surface area contributed by atoms with Crippen molar-refractivity contribution in [3.8, 4) is 0 Å². The molecule has 4 rings (SSSR count). The second-order valence-electron chi connectivity index (χ2n) is 6.39. The first kappa shape index (κ1) is 17.4. The van der Waals surface area contributed by atoms with Crippen LogP contribution in [-0.2, 0) is 19.4 Å². The Kier molecular flexibility index (Phi) is 4.27. The summed E-state index contributed by atoms with van der Waals surface area (Å²) in [7, 11) is 0. The highest BCUT2D eigenvalue weighted by molar-refractivity contribution is 7.17. The van der Waals surface area contributed by atoms with E-state index >= 15 is 0 Å². The van der Waals surface area contributed by atoms with E-state index in [0.29, 0.717) is 27.9 Å². The number of hydrogen-bond acceptors (Lipinski definition) is 5. The molecule has 0 saturated carbocycles. The average Bonchev–Trinajstić information content (AvgIpc) is 3.22. The number of carbonyl (C=O) groups excluding carboxylic acids is 2. The first-order chi connectivity index (χ1) is 13.0. The molecule has 0 aliphatic heterocycles. The minimum atomic E-state index is -0.541. The van der Waals surface area contributed by atoms with Gasteiger partial charge in [-0.05, 0) is 37.8 Å². The van der Waals surface area contributed by atoms with E-state index in [9.17, 15) is 14.4 Å². The van der Waals surface area contributed by atoms with Gasteiger partial charge in [0.15, 0.2) is 5.69 Å². The summed E-state index contributed by atoms with van der Waals surface area (Å²) in [5.41, 5.74) is 6.81. The molecule has 8 heteroatoms. The van der Waals surface area contributed by atoms with Crippen molar-refractivity contribution in [1.29, 1.82) is 0 Å². The number of thiophene rings is 1. The Morgan fingerprint density at radius 2 is 2.00 bits per heavy atom. The van der Waals surface area contributed by atoms with Gasteiger partial charge in [-0.3, -0.25) is 14.4 Å². The van der Waals surface area contributed by atoms with Gasteiger partial charge in [0.05, 0.1) is 10.9 Å². The standard InChI is InChI=1S/C19H18N4O3S/c1-2-23-19(26)11-7-4-3-6-10(11)15(22-23)17(25)21-18-14(16(20)24)12-8-5-9-13(12)27-18/h3-4,6-7H,2,5,8-9H2,1H3,(H2,20,24)(H,21,25). The topological polar surface area (TPSA) is 107 Å². The quantitative estimate of drug-likeness (QED) is 0.722. The second-order valence-corrected chi connectivity index (χ2v) is 7.50. The van der Waals surface area contributed by atoms with Gasteiger partial charge >= 0.3 is 0 Å². The number of nitrogens with zero attached hydrogens (tertiary/aromatic N) is 2. The second kappa shape index (κ2) is 6.62. The molecular formula is C19H18N4O3S. The van der Waals surface area contributed by atoms with Gasteiger partial charge in [-0.15, -0.1) is 11.3 Å². The molecule has 138 valence electrons. The number of amides is 2. The Morgan fingerprint density at radius 3 is 2.70 bits per heavy atom. The van der Waals surface area contributed by atoms with Crippen molar-refractivity contribution in [2.24, 2.45) is 5.73 Å². The molecule has 0 spiro atoms. The predicted molar refractivity (Wildman–Crippen MR) is 104 cm³/mol. The van der Waals surface area contributed by atoms with E-state index in [1.54, 1.807) is 31.2 Å². The number of nitrogens with two attached hydrogens (primary N) is 1. The number of fused-ring (bicyclic) bond motifs is 2. The van der Waals surface area contributed by atoms with Crippen LogP contribution in [0.4, 0.5) is 5.00 Å². The fraction of sp³-hybridized carbons (Fsp3) is 0.263. The molecule has 0 radical (unpaired) electrons. The van der Waals surface area contributed by atoms with E-state index < -0.39 is 11.8 Å². The molecule has 1 aliphatic carbocycles. The lowest BCUT2D eigenvalue weighted by Crippen LogP contribution is -2.27. The van der Waals surface area contributed by atoms with Crippen LogP contribution >= 0.6 is 11.3 Å². The summed E-state index contributed by atoms with van der Waals surface area (Å²) in [6.45, 7) is 2.14. The van der Waals surface area contributed by atoms with Crippen LogP contribution in [0, 0.1) is 0 Å². The molecule has 3 N–H and O–H groups in total. The summed E-state index contributed by atoms with van der Waals surface area (Å²) in [5.74, 6) is -1.00. The molecule has 0 unspecified atom stereocenters. The normalized spacial score (nSPS) is 12.9. The van der Waals surface area contributed by atoms with Crippen LogP contribution in [0.1, 0.15) is 44.6 Å². The maximum absolute atomic E-state index is 13.0. The Labute approximate surface area is 158 Å². The van der Waals surface area contributed by atoms with Gasteiger partial charge in [-0.25, -0.2) is 4.68 Å². The largest absolute Gasteiger partial charge is 0.365 e. The molecule has 0 fully saturated rings. The fourth-order valence-corrected chi connectivity index (χ4v) is 4.82. The van der Waals surface area contributed by atoms with Gasteiger partial charge in [-0.1, -0.05) is 18.2 Å². The zero-order valence-corrected chi connectivity index (χ0v) is 15.6. The average molecular weight is 382 g/mol. The van der Waals surface area contributed by atoms with Crippen molar-refractivity contribution in [2.75, 3.05) is 5.32 Å². The summed E-state index contributed by atoms with van der Waals surface area (Å²) in [6.07, 6.45) is 2.67. The Balaban J connectivity index is 1.80. The zero-order valence-electron chi connectivity index (χ0n) is 14.7. The molecule has 3 aromatic rings. The summed E-state index contributed by atoms with van der Waals surface area (Å²) in [5, 5.41) is 8.41. The minimum absolute atomic E-state index is 0.149. The number of anilines is 1. The van der Waals surface area contributed by atoms with Gasteiger partial charge < -0.3 is 11.1 Å². The molecule has 0 saturated heterocycles. The van der Waals surface area contributed by atoms with Gasteiger partial charge in [0.1, 0.15) is 5.00 Å². The molecule has 7 nitrogen and oxygen atoms in total. The molecule has 2 aromatic heterocycles. The van der Waals surface area contributed by atoms with Crippen LogP contribution < -0.4 is 16.6 Å². The summed E-state index contributed by atoms with van der Waals surface area (Å²) < 4.78 is 1.26. The molecule has 2 amide bonds. The number of nitrogens with one attached hydrogen (secondary N) is 1. The number of benzene rings is 1. The van der Waals surface area contributed by atoms with Crippen LogP contribution in [0.5, 0.6) is 0 Å². The molecule has 1 aliphatic rings. The monoisotopic (exact) mass is 382 g/mol. The molecule has 2 heterocycles. The van der Waals surface area contributed by atoms with Crippen molar-refractivity contribution in [3.05, 3.63) is 56.3 Å². The van der Waals surface area contributed by atoms with Crippen LogP contribution in [0.2, 0.25) is 0 Å². The van der Waals surface area contributed by atoms with E-state index in [4.69, 9.17) is 5.73 Å². The van der Waals surface area contributed by atoms with Crippen molar-refractivity contribution in [3.63, 3.8) is 0 Å². The van der Waals surface area contributed by atoms with E-state index in [0.717, 1.165) is 29.7 Å². The van der Waals surface area contributed by atoms with E-state index in [-0.39, 0.29) is 11.3 Å². The van der Waals surface area contributed by atoms with Crippen molar-refractivity contribution in [2.45, 2.75) is 32.7 Å². The smallest absolute Gasteiger partial charge is 0.277 e. The van der Waals surface area contributed by atoms with Gasteiger partial charge in [0, 0.05) is 16.8 Å². The van der Waals surface area contributed by atoms with Crippen LogP contribution in [0.25, 0.3) is 10.8 Å². The van der Waals surface area contributed by atoms with Crippen LogP contribution in [-0.4, -0.2) is 21.6 Å². The lowest BCUT2D eigenvalue weighted by Gasteiger charge is -2.10. The summed E-state index contributed by atoms with van der Waals surface area (Å²) >= 11 is 1.39. The van der Waals surface area contributed by atoms with Crippen molar-refractivity contribution in [1.82, 2.24) is 9.78 Å². The lowest BCUT2D eigenvalue weighted by atomic mass is 10.1. The Bertz CT molecular complexity index is 1150. The number of rotatable bonds is 4. The lowest BCUT2D eigenvalue weighted by molar-refractivity contribution is 0.100. The van der Waals surface area contributed by atoms with E-state index in [1.807, 2.05) is 0 Å². The number of aromatic nitrogens is 2. The SMILES string of the molecule is CCn1nc(C(=O)Nc2sc3c(c2C(N)=O)CCC3)c2ccccc2c1=O. The third-order valence-electron chi connectivity index (χ3n) is 4.78. The first-order valence-electron chi connectivity index (χ1n) is 8.76. The molecule has 1 aromatic carbocycles. The van der Waals surface area contributed by atoms with E-state index in [2.05, 4.69) is 10.4 Å². The number of hydrogen-bond donors (Lipinski definition) is 2. The van der Waals surface area contributed by atoms with Crippen molar-refractivity contribution >= 4 is 38.9 Å². The third-order valence-corrected chi connectivity index (χ3v) is 5.98. The fourth-order valence-electron chi connectivity index (χ4n) is 3.53. The highest BCUT2D eigenvalue weighted by Crippen LogP contribution is 2.39. The predicted octanol–water partition coefficient (Wildman–Crippen LogP) is 2.32. The molecular weight excluding hydrogens is 364 g/mol. The highest BCUT2D eigenvalue weighted by atomic mass is 32.1. The number of aryl methyl sites for hydroxylation is 2. The first-order valence-corrected chi connectivity index (χ1v) is 9.58. The summed E-state index contributed by atoms with van der Waals surface area (Å²) in [4.78, 5) is 38.4. The number of primary amides is 1.